The Hall–Kier alpha value is -2.36. The van der Waals surface area contributed by atoms with Crippen LogP contribution in [0.2, 0.25) is 0 Å². The summed E-state index contributed by atoms with van der Waals surface area (Å²) in [5.41, 5.74) is 1.49. The second-order valence-electron chi connectivity index (χ2n) is 4.84. The molecule has 2 aromatic carbocycles. The normalized spacial score (nSPS) is 10.2. The Morgan fingerprint density at radius 3 is 2.52 bits per heavy atom. The van der Waals surface area contributed by atoms with Crippen molar-refractivity contribution >= 4 is 5.91 Å². The maximum atomic E-state index is 13.1. The lowest BCUT2D eigenvalue weighted by atomic mass is 10.1. The van der Waals surface area contributed by atoms with Crippen LogP contribution >= 0.6 is 0 Å². The number of carbonyl (C=O) groups excluding carboxylic acids is 1. The van der Waals surface area contributed by atoms with Gasteiger partial charge in [-0.1, -0.05) is 18.2 Å². The van der Waals surface area contributed by atoms with Gasteiger partial charge in [0.25, 0.3) is 5.91 Å². The third-order valence-corrected chi connectivity index (χ3v) is 3.31. The molecule has 0 unspecified atom stereocenters. The number of likely N-dealkylation sites (N-methyl/N-ethyl adjacent to an activating group) is 1. The van der Waals surface area contributed by atoms with Gasteiger partial charge >= 0.3 is 0 Å². The molecule has 0 N–H and O–H groups in total. The molecule has 2 aromatic rings. The maximum absolute atomic E-state index is 13.1. The Kier molecular flexibility index (Phi) is 4.93. The molecule has 0 aromatic heterocycles. The van der Waals surface area contributed by atoms with Gasteiger partial charge < -0.3 is 9.64 Å². The predicted molar refractivity (Wildman–Crippen MR) is 80.1 cm³/mol. The molecule has 0 heterocycles. The second kappa shape index (κ2) is 6.88. The first kappa shape index (κ1) is 15.0. The molecule has 3 nitrogen and oxygen atoms in total. The molecule has 0 aliphatic carbocycles. The number of rotatable bonds is 5. The highest BCUT2D eigenvalue weighted by atomic mass is 19.1. The number of hydrogen-bond acceptors (Lipinski definition) is 2. The van der Waals surface area contributed by atoms with E-state index in [1.54, 1.807) is 31.2 Å². The van der Waals surface area contributed by atoms with Crippen LogP contribution in [-0.4, -0.2) is 31.5 Å². The Balaban J connectivity index is 1.94. The lowest BCUT2D eigenvalue weighted by molar-refractivity contribution is 0.0796. The van der Waals surface area contributed by atoms with Gasteiger partial charge in [-0.2, -0.15) is 0 Å². The van der Waals surface area contributed by atoms with Gasteiger partial charge in [-0.15, -0.1) is 0 Å². The topological polar surface area (TPSA) is 29.5 Å². The van der Waals surface area contributed by atoms with Gasteiger partial charge in [-0.3, -0.25) is 4.79 Å². The minimum Gasteiger partial charge on any atom is -0.497 e. The molecule has 4 heteroatoms. The molecular weight excluding hydrogens is 269 g/mol. The van der Waals surface area contributed by atoms with E-state index in [1.807, 2.05) is 24.3 Å². The molecule has 0 radical (unpaired) electrons. The number of hydrogen-bond donors (Lipinski definition) is 0. The number of methoxy groups -OCH3 is 1. The highest BCUT2D eigenvalue weighted by Gasteiger charge is 2.12. The van der Waals surface area contributed by atoms with Crippen LogP contribution in [0.15, 0.2) is 48.5 Å². The molecule has 2 rings (SSSR count). The summed E-state index contributed by atoms with van der Waals surface area (Å²) in [5.74, 6) is 0.232. The molecule has 0 saturated heterocycles. The van der Waals surface area contributed by atoms with Crippen molar-refractivity contribution in [2.45, 2.75) is 6.42 Å². The van der Waals surface area contributed by atoms with Gasteiger partial charge in [-0.25, -0.2) is 4.39 Å². The molecule has 0 spiro atoms. The summed E-state index contributed by atoms with van der Waals surface area (Å²) in [6.07, 6.45) is 0.738. The average Bonchev–Trinajstić information content (AvgIpc) is 2.52. The number of nitrogens with zero attached hydrogens (tertiary/aromatic N) is 1. The molecule has 0 atom stereocenters. The number of amides is 1. The summed E-state index contributed by atoms with van der Waals surface area (Å²) < 4.78 is 18.2. The molecule has 0 fully saturated rings. The van der Waals surface area contributed by atoms with Crippen molar-refractivity contribution in [1.29, 1.82) is 0 Å². The van der Waals surface area contributed by atoms with Crippen molar-refractivity contribution in [3.63, 3.8) is 0 Å². The van der Waals surface area contributed by atoms with Crippen LogP contribution in [0.3, 0.4) is 0 Å². The number of benzene rings is 2. The minimum atomic E-state index is -0.399. The van der Waals surface area contributed by atoms with Crippen molar-refractivity contribution in [2.24, 2.45) is 0 Å². The Morgan fingerprint density at radius 2 is 1.90 bits per heavy atom. The van der Waals surface area contributed by atoms with Crippen molar-refractivity contribution in [3.8, 4) is 5.75 Å². The number of carbonyl (C=O) groups is 1. The second-order valence-corrected chi connectivity index (χ2v) is 4.84. The van der Waals surface area contributed by atoms with Crippen LogP contribution in [0.5, 0.6) is 5.75 Å². The van der Waals surface area contributed by atoms with Crippen LogP contribution in [0.4, 0.5) is 4.39 Å². The van der Waals surface area contributed by atoms with Crippen LogP contribution in [0, 0.1) is 5.82 Å². The smallest absolute Gasteiger partial charge is 0.253 e. The molecular formula is C17H18FNO2. The predicted octanol–water partition coefficient (Wildman–Crippen LogP) is 3.15. The lowest BCUT2D eigenvalue weighted by Crippen LogP contribution is -2.28. The summed E-state index contributed by atoms with van der Waals surface area (Å²) in [4.78, 5) is 13.8. The minimum absolute atomic E-state index is 0.178. The fourth-order valence-corrected chi connectivity index (χ4v) is 2.03. The first-order chi connectivity index (χ1) is 10.1. The van der Waals surface area contributed by atoms with Gasteiger partial charge in [-0.05, 0) is 42.3 Å². The van der Waals surface area contributed by atoms with Gasteiger partial charge in [0.2, 0.25) is 0 Å². The summed E-state index contributed by atoms with van der Waals surface area (Å²) in [7, 11) is 3.34. The first-order valence-corrected chi connectivity index (χ1v) is 6.74. The largest absolute Gasteiger partial charge is 0.497 e. The third-order valence-electron chi connectivity index (χ3n) is 3.31. The summed E-state index contributed by atoms with van der Waals surface area (Å²) in [6.45, 7) is 0.571. The van der Waals surface area contributed by atoms with Gasteiger partial charge in [0.1, 0.15) is 11.6 Å². The van der Waals surface area contributed by atoms with E-state index in [2.05, 4.69) is 0 Å². The van der Waals surface area contributed by atoms with E-state index >= 15 is 0 Å². The molecule has 110 valence electrons. The highest BCUT2D eigenvalue weighted by Crippen LogP contribution is 2.12. The summed E-state index contributed by atoms with van der Waals surface area (Å²) in [5, 5.41) is 0. The van der Waals surface area contributed by atoms with Crippen molar-refractivity contribution in [3.05, 3.63) is 65.5 Å². The fraction of sp³-hybridized carbons (Fsp3) is 0.235. The zero-order valence-corrected chi connectivity index (χ0v) is 12.2. The van der Waals surface area contributed by atoms with E-state index < -0.39 is 5.82 Å². The van der Waals surface area contributed by atoms with E-state index in [4.69, 9.17) is 4.74 Å². The first-order valence-electron chi connectivity index (χ1n) is 6.74. The Labute approximate surface area is 124 Å². The van der Waals surface area contributed by atoms with E-state index in [1.165, 1.54) is 12.1 Å². The van der Waals surface area contributed by atoms with E-state index in [0.717, 1.165) is 17.7 Å². The van der Waals surface area contributed by atoms with Crippen molar-refractivity contribution in [1.82, 2.24) is 4.90 Å². The molecule has 0 saturated carbocycles. The van der Waals surface area contributed by atoms with Crippen LogP contribution in [-0.2, 0) is 6.42 Å². The van der Waals surface area contributed by atoms with Crippen LogP contribution < -0.4 is 4.74 Å². The zero-order chi connectivity index (χ0) is 15.2. The Bertz CT molecular complexity index is 610. The maximum Gasteiger partial charge on any atom is 0.253 e. The van der Waals surface area contributed by atoms with E-state index in [0.29, 0.717) is 12.1 Å². The highest BCUT2D eigenvalue weighted by molar-refractivity contribution is 5.94. The third kappa shape index (κ3) is 4.05. The van der Waals surface area contributed by atoms with E-state index in [-0.39, 0.29) is 5.91 Å². The number of halogens is 1. The lowest BCUT2D eigenvalue weighted by Gasteiger charge is -2.17. The van der Waals surface area contributed by atoms with Gasteiger partial charge in [0, 0.05) is 19.2 Å². The van der Waals surface area contributed by atoms with Crippen LogP contribution in [0.1, 0.15) is 15.9 Å². The summed E-state index contributed by atoms with van der Waals surface area (Å²) >= 11 is 0. The standard InChI is InChI=1S/C17H18FNO2/c1-19(17(20)14-4-3-5-15(18)12-14)11-10-13-6-8-16(21-2)9-7-13/h3-9,12H,10-11H2,1-2H3. The fourth-order valence-electron chi connectivity index (χ4n) is 2.03. The molecule has 1 amide bonds. The molecule has 0 aliphatic rings. The summed E-state index contributed by atoms with van der Waals surface area (Å²) in [6, 6.07) is 13.5. The number of ether oxygens (including phenoxy) is 1. The quantitative estimate of drug-likeness (QED) is 0.845. The van der Waals surface area contributed by atoms with Crippen molar-refractivity contribution < 1.29 is 13.9 Å². The Morgan fingerprint density at radius 1 is 1.19 bits per heavy atom. The SMILES string of the molecule is COc1ccc(CCN(C)C(=O)c2cccc(F)c2)cc1. The van der Waals surface area contributed by atoms with Gasteiger partial charge in [0.15, 0.2) is 0 Å². The van der Waals surface area contributed by atoms with Crippen LogP contribution in [0.25, 0.3) is 0 Å². The monoisotopic (exact) mass is 287 g/mol. The van der Waals surface area contributed by atoms with Crippen molar-refractivity contribution in [2.75, 3.05) is 20.7 Å². The van der Waals surface area contributed by atoms with Gasteiger partial charge in [0.05, 0.1) is 7.11 Å². The molecule has 0 aliphatic heterocycles. The van der Waals surface area contributed by atoms with E-state index in [9.17, 15) is 9.18 Å². The molecule has 0 bridgehead atoms. The average molecular weight is 287 g/mol. The zero-order valence-electron chi connectivity index (χ0n) is 12.2. The molecule has 21 heavy (non-hydrogen) atoms.